The van der Waals surface area contributed by atoms with Crippen molar-refractivity contribution in [1.82, 2.24) is 4.67 Å². The van der Waals surface area contributed by atoms with E-state index in [0.717, 1.165) is 4.67 Å². The lowest BCUT2D eigenvalue weighted by atomic mass is 10.3. The fourth-order valence-corrected chi connectivity index (χ4v) is 1.06. The molecule has 6 heteroatoms. The van der Waals surface area contributed by atoms with Crippen molar-refractivity contribution in [2.45, 2.75) is 6.04 Å². The Morgan fingerprint density at radius 3 is 2.91 bits per heavy atom. The van der Waals surface area contributed by atoms with Gasteiger partial charge in [0.1, 0.15) is 6.61 Å². The van der Waals surface area contributed by atoms with Gasteiger partial charge in [-0.2, -0.15) is 0 Å². The molecule has 1 rings (SSSR count). The quantitative estimate of drug-likeness (QED) is 0.526. The molecule has 0 spiro atoms. The number of aliphatic carboxylic acids is 1. The summed E-state index contributed by atoms with van der Waals surface area (Å²) in [7, 11) is 2.08. The van der Waals surface area contributed by atoms with E-state index >= 15 is 0 Å². The minimum absolute atomic E-state index is 0.0344. The zero-order chi connectivity index (χ0) is 8.43. The summed E-state index contributed by atoms with van der Waals surface area (Å²) < 4.78 is 5.84. The van der Waals surface area contributed by atoms with Crippen LogP contribution < -0.4 is 0 Å². The number of carboxylic acid groups (broad SMARTS) is 1. The second kappa shape index (κ2) is 3.15. The predicted molar refractivity (Wildman–Crippen MR) is 38.8 cm³/mol. The van der Waals surface area contributed by atoms with Crippen molar-refractivity contribution in [2.75, 3.05) is 13.2 Å². The first kappa shape index (κ1) is 8.43. The molecule has 1 aliphatic rings. The first-order chi connectivity index (χ1) is 5.13. The number of nitrogens with zero attached hydrogens (tertiary/aromatic N) is 1. The van der Waals surface area contributed by atoms with Crippen LogP contribution in [0.2, 0.25) is 0 Å². The Morgan fingerprint density at radius 1 is 1.82 bits per heavy atom. The van der Waals surface area contributed by atoms with Gasteiger partial charge in [0.2, 0.25) is 0 Å². The van der Waals surface area contributed by atoms with Gasteiger partial charge in [-0.1, -0.05) is 0 Å². The van der Waals surface area contributed by atoms with Gasteiger partial charge in [0, 0.05) is 0 Å². The average molecular weight is 177 g/mol. The van der Waals surface area contributed by atoms with Gasteiger partial charge < -0.3 is 14.5 Å². The van der Waals surface area contributed by atoms with Crippen LogP contribution in [0.3, 0.4) is 0 Å². The van der Waals surface area contributed by atoms with Crippen LogP contribution in [0.25, 0.3) is 0 Å². The number of carbonyl (C=O) groups is 2. The maximum absolute atomic E-state index is 10.8. The fourth-order valence-electron chi connectivity index (χ4n) is 0.777. The lowest BCUT2D eigenvalue weighted by Crippen LogP contribution is -2.47. The Bertz CT molecular complexity index is 195. The molecule has 1 heterocycles. The van der Waals surface area contributed by atoms with Crippen LogP contribution in [0, 0.1) is 0 Å². The number of hydrogen-bond donors (Lipinski definition) is 1. The van der Waals surface area contributed by atoms with Crippen molar-refractivity contribution in [2.24, 2.45) is 0 Å². The zero-order valence-corrected chi connectivity index (χ0v) is 6.84. The Balaban J connectivity index is 2.65. The molecule has 2 atom stereocenters. The lowest BCUT2D eigenvalue weighted by molar-refractivity contribution is -0.155. The fraction of sp³-hybridized carbons (Fsp3) is 0.600. The molecule has 0 aromatic rings. The summed E-state index contributed by atoms with van der Waals surface area (Å²) in [5, 5.41) is 8.54. The van der Waals surface area contributed by atoms with Crippen LogP contribution >= 0.6 is 9.39 Å². The minimum Gasteiger partial charge on any atom is -0.480 e. The van der Waals surface area contributed by atoms with Crippen molar-refractivity contribution in [3.05, 3.63) is 0 Å². The maximum atomic E-state index is 10.8. The van der Waals surface area contributed by atoms with E-state index in [1.807, 2.05) is 0 Å². The molecule has 2 unspecified atom stereocenters. The van der Waals surface area contributed by atoms with E-state index in [-0.39, 0.29) is 19.1 Å². The highest BCUT2D eigenvalue weighted by molar-refractivity contribution is 7.14. The molecule has 1 aliphatic heterocycles. The Hall–Kier alpha value is -0.670. The molecule has 0 radical (unpaired) electrons. The van der Waals surface area contributed by atoms with Crippen LogP contribution in [0.1, 0.15) is 0 Å². The van der Waals surface area contributed by atoms with Gasteiger partial charge in [-0.15, -0.1) is 0 Å². The van der Waals surface area contributed by atoms with E-state index in [0.29, 0.717) is 0 Å². The second-order valence-electron chi connectivity index (χ2n) is 2.17. The van der Waals surface area contributed by atoms with Gasteiger partial charge in [0.25, 0.3) is 5.91 Å². The maximum Gasteiger partial charge on any atom is 0.329 e. The highest BCUT2D eigenvalue weighted by Gasteiger charge is 2.30. The Kier molecular flexibility index (Phi) is 2.42. The molecule has 1 saturated heterocycles. The molecular formula is C5H8NO4P. The number of rotatable bonds is 1. The highest BCUT2D eigenvalue weighted by atomic mass is 31.0. The van der Waals surface area contributed by atoms with Crippen LogP contribution in [0.4, 0.5) is 0 Å². The summed E-state index contributed by atoms with van der Waals surface area (Å²) >= 11 is 0. The third-order valence-corrected chi connectivity index (χ3v) is 2.06. The van der Waals surface area contributed by atoms with E-state index < -0.39 is 12.0 Å². The van der Waals surface area contributed by atoms with E-state index in [1.54, 1.807) is 0 Å². The van der Waals surface area contributed by atoms with Gasteiger partial charge >= 0.3 is 5.97 Å². The molecule has 1 fully saturated rings. The number of carbonyl (C=O) groups excluding carboxylic acids is 1. The number of hydrogen-bond acceptors (Lipinski definition) is 3. The molecular weight excluding hydrogens is 169 g/mol. The number of ether oxygens (including phenoxy) is 1. The molecule has 5 nitrogen and oxygen atoms in total. The van der Waals surface area contributed by atoms with Crippen molar-refractivity contribution in [3.63, 3.8) is 0 Å². The predicted octanol–water partition coefficient (Wildman–Crippen LogP) is -0.912. The van der Waals surface area contributed by atoms with E-state index in [4.69, 9.17) is 9.84 Å². The molecule has 11 heavy (non-hydrogen) atoms. The third-order valence-electron chi connectivity index (χ3n) is 1.41. The molecule has 1 amide bonds. The van der Waals surface area contributed by atoms with E-state index in [9.17, 15) is 9.59 Å². The number of carboxylic acids is 1. The van der Waals surface area contributed by atoms with Gasteiger partial charge in [-0.05, 0) is 9.39 Å². The highest BCUT2D eigenvalue weighted by Crippen LogP contribution is 2.12. The van der Waals surface area contributed by atoms with Crippen LogP contribution in [0.5, 0.6) is 0 Å². The van der Waals surface area contributed by atoms with Crippen molar-refractivity contribution in [1.29, 1.82) is 0 Å². The van der Waals surface area contributed by atoms with Crippen molar-refractivity contribution in [3.8, 4) is 0 Å². The summed E-state index contributed by atoms with van der Waals surface area (Å²) in [5.74, 6) is -1.37. The normalized spacial score (nSPS) is 25.4. The topological polar surface area (TPSA) is 66.8 Å². The number of morpholine rings is 1. The third kappa shape index (κ3) is 1.67. The van der Waals surface area contributed by atoms with Gasteiger partial charge in [0.05, 0.1) is 6.61 Å². The monoisotopic (exact) mass is 177 g/mol. The molecule has 0 bridgehead atoms. The average Bonchev–Trinajstić information content (AvgIpc) is 1.94. The van der Waals surface area contributed by atoms with Crippen LogP contribution in [0.15, 0.2) is 0 Å². The first-order valence-corrected chi connectivity index (χ1v) is 3.52. The molecule has 62 valence electrons. The lowest BCUT2D eigenvalue weighted by Gasteiger charge is -2.28. The van der Waals surface area contributed by atoms with E-state index in [2.05, 4.69) is 9.39 Å². The van der Waals surface area contributed by atoms with Gasteiger partial charge in [-0.3, -0.25) is 4.79 Å². The SMILES string of the molecule is O=C(O)C1COCC(=O)N1P. The van der Waals surface area contributed by atoms with Crippen LogP contribution in [-0.2, 0) is 14.3 Å². The number of amides is 1. The summed E-state index contributed by atoms with van der Waals surface area (Å²) in [5.41, 5.74) is 0. The Labute approximate surface area is 65.6 Å². The zero-order valence-electron chi connectivity index (χ0n) is 5.69. The van der Waals surface area contributed by atoms with Gasteiger partial charge in [-0.25, -0.2) is 4.79 Å². The summed E-state index contributed by atoms with van der Waals surface area (Å²) in [6.45, 7) is 0.0256. The summed E-state index contributed by atoms with van der Waals surface area (Å²) in [6.07, 6.45) is 0. The first-order valence-electron chi connectivity index (χ1n) is 3.00. The smallest absolute Gasteiger partial charge is 0.329 e. The molecule has 0 saturated carbocycles. The molecule has 1 N–H and O–H groups in total. The van der Waals surface area contributed by atoms with E-state index in [1.165, 1.54) is 0 Å². The summed E-state index contributed by atoms with van der Waals surface area (Å²) in [6, 6.07) is -0.860. The van der Waals surface area contributed by atoms with Crippen molar-refractivity contribution >= 4 is 21.3 Å². The second-order valence-corrected chi connectivity index (χ2v) is 2.73. The minimum atomic E-state index is -1.05. The Morgan fingerprint density at radius 2 is 2.45 bits per heavy atom. The van der Waals surface area contributed by atoms with Gasteiger partial charge in [0.15, 0.2) is 6.04 Å². The molecule has 0 aliphatic carbocycles. The largest absolute Gasteiger partial charge is 0.480 e. The standard InChI is InChI=1S/C5H8NO4P/c7-4-2-10-1-3(5(8)9)6(4)11/h3H,1-2,11H2,(H,8,9). The molecule has 0 aromatic carbocycles. The summed E-state index contributed by atoms with van der Waals surface area (Å²) in [4.78, 5) is 21.2. The molecule has 0 aromatic heterocycles. The van der Waals surface area contributed by atoms with Crippen LogP contribution in [-0.4, -0.2) is 40.9 Å². The van der Waals surface area contributed by atoms with Crippen molar-refractivity contribution < 1.29 is 19.4 Å².